The molecule has 1 aliphatic heterocycles. The Balaban J connectivity index is 0.00000264. The summed E-state index contributed by atoms with van der Waals surface area (Å²) < 4.78 is 0. The van der Waals surface area contributed by atoms with Gasteiger partial charge in [-0.3, -0.25) is 9.59 Å². The van der Waals surface area contributed by atoms with E-state index in [-0.39, 0.29) is 24.2 Å². The average Bonchev–Trinajstić information content (AvgIpc) is 2.51. The van der Waals surface area contributed by atoms with Crippen LogP contribution in [0, 0.1) is 0 Å². The fraction of sp³-hybridized carbons (Fsp3) is 0.529. The number of amides is 2. The number of fused-ring (bicyclic) bond motifs is 1. The van der Waals surface area contributed by atoms with E-state index in [1.807, 2.05) is 12.1 Å². The maximum atomic E-state index is 12.1. The third kappa shape index (κ3) is 5.52. The van der Waals surface area contributed by atoms with Crippen LogP contribution in [0.25, 0.3) is 0 Å². The molecular formula is C17H26ClN3O2. The van der Waals surface area contributed by atoms with Crippen molar-refractivity contribution in [3.8, 4) is 0 Å². The van der Waals surface area contributed by atoms with Gasteiger partial charge in [-0.1, -0.05) is 18.9 Å². The molecule has 2 rings (SSSR count). The van der Waals surface area contributed by atoms with Gasteiger partial charge >= 0.3 is 0 Å². The molecular weight excluding hydrogens is 314 g/mol. The molecule has 6 heteroatoms. The van der Waals surface area contributed by atoms with Gasteiger partial charge in [0.1, 0.15) is 0 Å². The zero-order chi connectivity index (χ0) is 15.9. The minimum absolute atomic E-state index is 0. The van der Waals surface area contributed by atoms with Crippen LogP contribution in [0.5, 0.6) is 0 Å². The smallest absolute Gasteiger partial charge is 0.253 e. The van der Waals surface area contributed by atoms with E-state index in [1.54, 1.807) is 18.0 Å². The van der Waals surface area contributed by atoms with Crippen LogP contribution in [0.2, 0.25) is 0 Å². The van der Waals surface area contributed by atoms with E-state index in [2.05, 4.69) is 5.32 Å². The second kappa shape index (κ2) is 9.53. The molecule has 5 nitrogen and oxygen atoms in total. The first-order chi connectivity index (χ1) is 10.6. The van der Waals surface area contributed by atoms with E-state index in [9.17, 15) is 9.59 Å². The van der Waals surface area contributed by atoms with Crippen LogP contribution in [-0.4, -0.2) is 36.9 Å². The minimum atomic E-state index is 0. The Morgan fingerprint density at radius 3 is 2.74 bits per heavy atom. The number of nitrogens with two attached hydrogens (primary N) is 1. The molecule has 0 bridgehead atoms. The predicted molar refractivity (Wildman–Crippen MR) is 95.1 cm³/mol. The number of carbonyl (C=O) groups excluding carboxylic acids is 2. The number of rotatable bonds is 7. The van der Waals surface area contributed by atoms with Crippen LogP contribution < -0.4 is 11.1 Å². The van der Waals surface area contributed by atoms with Crippen LogP contribution in [0.15, 0.2) is 18.2 Å². The molecule has 1 heterocycles. The number of anilines is 1. The van der Waals surface area contributed by atoms with Crippen molar-refractivity contribution in [2.24, 2.45) is 5.73 Å². The quantitative estimate of drug-likeness (QED) is 0.750. The molecule has 0 saturated heterocycles. The lowest BCUT2D eigenvalue weighted by atomic mass is 9.98. The Kier molecular flexibility index (Phi) is 8.06. The molecule has 2 amide bonds. The van der Waals surface area contributed by atoms with Crippen molar-refractivity contribution in [2.45, 2.75) is 38.5 Å². The lowest BCUT2D eigenvalue weighted by Gasteiger charge is -2.25. The SMILES string of the molecule is CN1CCc2ccc(NC(=O)CCCCCCN)cc2C1=O.Cl. The van der Waals surface area contributed by atoms with Gasteiger partial charge in [0.05, 0.1) is 0 Å². The molecule has 0 aromatic heterocycles. The molecule has 1 aromatic rings. The van der Waals surface area contributed by atoms with Crippen molar-refractivity contribution in [3.05, 3.63) is 29.3 Å². The Hall–Kier alpha value is -1.59. The summed E-state index contributed by atoms with van der Waals surface area (Å²) in [5.41, 5.74) is 7.90. The molecule has 23 heavy (non-hydrogen) atoms. The Labute approximate surface area is 144 Å². The molecule has 0 unspecified atom stereocenters. The summed E-state index contributed by atoms with van der Waals surface area (Å²) in [5.74, 6) is 0.0310. The van der Waals surface area contributed by atoms with Crippen molar-refractivity contribution in [3.63, 3.8) is 0 Å². The number of nitrogens with zero attached hydrogens (tertiary/aromatic N) is 1. The molecule has 0 saturated carbocycles. The molecule has 0 radical (unpaired) electrons. The molecule has 0 fully saturated rings. The summed E-state index contributed by atoms with van der Waals surface area (Å²) in [6.45, 7) is 1.46. The third-order valence-electron chi connectivity index (χ3n) is 4.05. The van der Waals surface area contributed by atoms with Gasteiger partial charge in [0.2, 0.25) is 5.91 Å². The van der Waals surface area contributed by atoms with Gasteiger partial charge in [0, 0.05) is 31.3 Å². The van der Waals surface area contributed by atoms with E-state index in [1.165, 1.54) is 0 Å². The summed E-state index contributed by atoms with van der Waals surface area (Å²) in [7, 11) is 1.80. The van der Waals surface area contributed by atoms with E-state index < -0.39 is 0 Å². The summed E-state index contributed by atoms with van der Waals surface area (Å²) in [6, 6.07) is 5.61. The molecule has 3 N–H and O–H groups in total. The maximum Gasteiger partial charge on any atom is 0.253 e. The fourth-order valence-electron chi connectivity index (χ4n) is 2.67. The summed E-state index contributed by atoms with van der Waals surface area (Å²) in [4.78, 5) is 25.8. The Morgan fingerprint density at radius 2 is 2.00 bits per heavy atom. The van der Waals surface area contributed by atoms with Gasteiger partial charge in [-0.2, -0.15) is 0 Å². The minimum Gasteiger partial charge on any atom is -0.341 e. The normalized spacial score (nSPS) is 13.3. The lowest BCUT2D eigenvalue weighted by molar-refractivity contribution is -0.116. The third-order valence-corrected chi connectivity index (χ3v) is 4.05. The van der Waals surface area contributed by atoms with Gasteiger partial charge in [0.15, 0.2) is 0 Å². The molecule has 0 aliphatic carbocycles. The monoisotopic (exact) mass is 339 g/mol. The van der Waals surface area contributed by atoms with Crippen LogP contribution in [-0.2, 0) is 11.2 Å². The summed E-state index contributed by atoms with van der Waals surface area (Å²) >= 11 is 0. The maximum absolute atomic E-state index is 12.1. The fourth-order valence-corrected chi connectivity index (χ4v) is 2.67. The zero-order valence-corrected chi connectivity index (χ0v) is 14.5. The highest BCUT2D eigenvalue weighted by atomic mass is 35.5. The average molecular weight is 340 g/mol. The molecule has 0 atom stereocenters. The number of hydrogen-bond acceptors (Lipinski definition) is 3. The predicted octanol–water partition coefficient (Wildman–Crippen LogP) is 2.58. The number of halogens is 1. The zero-order valence-electron chi connectivity index (χ0n) is 13.6. The van der Waals surface area contributed by atoms with Crippen molar-refractivity contribution in [1.82, 2.24) is 4.90 Å². The van der Waals surface area contributed by atoms with Gasteiger partial charge in [-0.25, -0.2) is 0 Å². The second-order valence-electron chi connectivity index (χ2n) is 5.85. The first-order valence-electron chi connectivity index (χ1n) is 8.00. The van der Waals surface area contributed by atoms with Crippen LogP contribution in [0.1, 0.15) is 48.0 Å². The summed E-state index contributed by atoms with van der Waals surface area (Å²) in [6.07, 6.45) is 5.37. The van der Waals surface area contributed by atoms with Gasteiger partial charge < -0.3 is 16.0 Å². The number of benzene rings is 1. The van der Waals surface area contributed by atoms with Gasteiger partial charge in [-0.15, -0.1) is 12.4 Å². The van der Waals surface area contributed by atoms with E-state index >= 15 is 0 Å². The van der Waals surface area contributed by atoms with E-state index in [0.717, 1.165) is 44.2 Å². The van der Waals surface area contributed by atoms with Crippen molar-refractivity contribution in [2.75, 3.05) is 25.5 Å². The van der Waals surface area contributed by atoms with Gasteiger partial charge in [-0.05, 0) is 43.5 Å². The van der Waals surface area contributed by atoms with E-state index in [4.69, 9.17) is 5.73 Å². The van der Waals surface area contributed by atoms with Crippen LogP contribution in [0.3, 0.4) is 0 Å². The highest BCUT2D eigenvalue weighted by Gasteiger charge is 2.21. The number of carbonyl (C=O) groups is 2. The molecule has 1 aliphatic rings. The highest BCUT2D eigenvalue weighted by molar-refractivity contribution is 5.99. The second-order valence-corrected chi connectivity index (χ2v) is 5.85. The van der Waals surface area contributed by atoms with Crippen molar-refractivity contribution >= 4 is 29.9 Å². The Morgan fingerprint density at radius 1 is 1.26 bits per heavy atom. The standard InChI is InChI=1S/C17H25N3O2.ClH/c1-20-11-9-13-7-8-14(12-15(13)17(20)22)19-16(21)6-4-2-3-5-10-18;/h7-8,12H,2-6,9-11,18H2,1H3,(H,19,21);1H. The molecule has 1 aromatic carbocycles. The van der Waals surface area contributed by atoms with Gasteiger partial charge in [0.25, 0.3) is 5.91 Å². The summed E-state index contributed by atoms with van der Waals surface area (Å²) in [5, 5.41) is 2.88. The molecule has 128 valence electrons. The number of nitrogens with one attached hydrogen (secondary N) is 1. The van der Waals surface area contributed by atoms with Crippen LogP contribution >= 0.6 is 12.4 Å². The Bertz CT molecular complexity index is 549. The van der Waals surface area contributed by atoms with E-state index in [0.29, 0.717) is 24.2 Å². The number of likely N-dealkylation sites (N-methyl/N-ethyl adjacent to an activating group) is 1. The van der Waals surface area contributed by atoms with Crippen molar-refractivity contribution in [1.29, 1.82) is 0 Å². The number of hydrogen-bond donors (Lipinski definition) is 2. The lowest BCUT2D eigenvalue weighted by Crippen LogP contribution is -2.34. The highest BCUT2D eigenvalue weighted by Crippen LogP contribution is 2.22. The molecule has 0 spiro atoms. The topological polar surface area (TPSA) is 75.4 Å². The largest absolute Gasteiger partial charge is 0.341 e. The van der Waals surface area contributed by atoms with Crippen LogP contribution in [0.4, 0.5) is 5.69 Å². The first kappa shape index (κ1) is 19.5. The van der Waals surface area contributed by atoms with Crippen molar-refractivity contribution < 1.29 is 9.59 Å². The number of unbranched alkanes of at least 4 members (excludes halogenated alkanes) is 3. The first-order valence-corrected chi connectivity index (χ1v) is 8.00.